The standard InChI is InChI=1S/C16H25N3/c1-11-6-7-19(13(3)8-11)10-15-5-4-14(16(17)18)9-12(15)2/h4-5,9,11,13H,6-8,10H2,1-3H3,(H3,17,18). The van der Waals surface area contributed by atoms with Crippen LogP contribution in [0.15, 0.2) is 18.2 Å². The normalized spacial score (nSPS) is 24.4. The van der Waals surface area contributed by atoms with E-state index in [4.69, 9.17) is 11.1 Å². The SMILES string of the molecule is Cc1cc(C(=N)N)ccc1CN1CCC(C)CC1C. The van der Waals surface area contributed by atoms with E-state index >= 15 is 0 Å². The zero-order valence-electron chi connectivity index (χ0n) is 12.2. The van der Waals surface area contributed by atoms with Gasteiger partial charge in [-0.05, 0) is 56.3 Å². The molecule has 0 aliphatic carbocycles. The molecule has 1 saturated heterocycles. The summed E-state index contributed by atoms with van der Waals surface area (Å²) in [5.41, 5.74) is 8.94. The van der Waals surface area contributed by atoms with Crippen molar-refractivity contribution in [3.8, 4) is 0 Å². The minimum Gasteiger partial charge on any atom is -0.384 e. The zero-order chi connectivity index (χ0) is 14.0. The number of nitrogen functional groups attached to an aromatic ring is 1. The van der Waals surface area contributed by atoms with Crippen molar-refractivity contribution >= 4 is 5.84 Å². The van der Waals surface area contributed by atoms with Crippen molar-refractivity contribution in [2.75, 3.05) is 6.54 Å². The number of nitrogens with zero attached hydrogens (tertiary/aromatic N) is 1. The molecule has 1 aromatic carbocycles. The van der Waals surface area contributed by atoms with E-state index in [2.05, 4.69) is 31.7 Å². The third-order valence-corrected chi connectivity index (χ3v) is 4.30. The number of likely N-dealkylation sites (tertiary alicyclic amines) is 1. The van der Waals surface area contributed by atoms with Crippen LogP contribution < -0.4 is 5.73 Å². The van der Waals surface area contributed by atoms with Gasteiger partial charge in [-0.25, -0.2) is 0 Å². The number of aryl methyl sites for hydroxylation is 1. The fourth-order valence-electron chi connectivity index (χ4n) is 2.95. The molecule has 3 nitrogen and oxygen atoms in total. The lowest BCUT2D eigenvalue weighted by Gasteiger charge is -2.36. The average molecular weight is 259 g/mol. The minimum atomic E-state index is 0.148. The zero-order valence-corrected chi connectivity index (χ0v) is 12.2. The molecule has 19 heavy (non-hydrogen) atoms. The van der Waals surface area contributed by atoms with E-state index in [9.17, 15) is 0 Å². The van der Waals surface area contributed by atoms with Gasteiger partial charge in [0.15, 0.2) is 0 Å². The molecule has 1 heterocycles. The number of hydrogen-bond acceptors (Lipinski definition) is 2. The summed E-state index contributed by atoms with van der Waals surface area (Å²) in [6.07, 6.45) is 2.60. The predicted molar refractivity (Wildman–Crippen MR) is 80.5 cm³/mol. The summed E-state index contributed by atoms with van der Waals surface area (Å²) in [4.78, 5) is 2.57. The van der Waals surface area contributed by atoms with Crippen LogP contribution in [-0.2, 0) is 6.54 Å². The summed E-state index contributed by atoms with van der Waals surface area (Å²) in [6, 6.07) is 6.77. The van der Waals surface area contributed by atoms with Crippen LogP contribution in [0.1, 0.15) is 43.4 Å². The van der Waals surface area contributed by atoms with E-state index < -0.39 is 0 Å². The third kappa shape index (κ3) is 3.35. The second-order valence-electron chi connectivity index (χ2n) is 6.00. The van der Waals surface area contributed by atoms with Gasteiger partial charge in [0, 0.05) is 18.2 Å². The molecule has 2 rings (SSSR count). The Morgan fingerprint density at radius 2 is 2.16 bits per heavy atom. The highest BCUT2D eigenvalue weighted by molar-refractivity contribution is 5.95. The smallest absolute Gasteiger partial charge is 0.122 e. The van der Waals surface area contributed by atoms with Crippen LogP contribution in [-0.4, -0.2) is 23.3 Å². The first-order valence-corrected chi connectivity index (χ1v) is 7.15. The molecule has 2 atom stereocenters. The van der Waals surface area contributed by atoms with Crippen molar-refractivity contribution in [2.45, 2.75) is 46.2 Å². The highest BCUT2D eigenvalue weighted by Gasteiger charge is 2.23. The first-order valence-electron chi connectivity index (χ1n) is 7.15. The summed E-state index contributed by atoms with van der Waals surface area (Å²) in [5, 5.41) is 7.48. The monoisotopic (exact) mass is 259 g/mol. The molecule has 1 aliphatic rings. The lowest BCUT2D eigenvalue weighted by Crippen LogP contribution is -2.39. The van der Waals surface area contributed by atoms with E-state index in [1.807, 2.05) is 12.1 Å². The van der Waals surface area contributed by atoms with Gasteiger partial charge in [-0.2, -0.15) is 0 Å². The lowest BCUT2D eigenvalue weighted by molar-refractivity contribution is 0.122. The van der Waals surface area contributed by atoms with Crippen molar-refractivity contribution < 1.29 is 0 Å². The molecule has 0 radical (unpaired) electrons. The van der Waals surface area contributed by atoms with E-state index in [-0.39, 0.29) is 5.84 Å². The van der Waals surface area contributed by atoms with Crippen LogP contribution in [0, 0.1) is 18.3 Å². The van der Waals surface area contributed by atoms with Gasteiger partial charge in [-0.15, -0.1) is 0 Å². The third-order valence-electron chi connectivity index (χ3n) is 4.30. The molecule has 3 N–H and O–H groups in total. The van der Waals surface area contributed by atoms with Gasteiger partial charge in [-0.3, -0.25) is 10.3 Å². The molecule has 0 saturated carbocycles. The van der Waals surface area contributed by atoms with Gasteiger partial charge in [0.1, 0.15) is 5.84 Å². The van der Waals surface area contributed by atoms with E-state index in [1.54, 1.807) is 0 Å². The van der Waals surface area contributed by atoms with Gasteiger partial charge in [0.2, 0.25) is 0 Å². The highest BCUT2D eigenvalue weighted by atomic mass is 15.2. The van der Waals surface area contributed by atoms with Gasteiger partial charge >= 0.3 is 0 Å². The number of rotatable bonds is 3. The Kier molecular flexibility index (Phi) is 4.25. The Morgan fingerprint density at radius 1 is 1.42 bits per heavy atom. The van der Waals surface area contributed by atoms with Crippen molar-refractivity contribution in [1.29, 1.82) is 5.41 Å². The summed E-state index contributed by atoms with van der Waals surface area (Å²) in [6.45, 7) is 8.99. The van der Waals surface area contributed by atoms with Crippen molar-refractivity contribution in [3.63, 3.8) is 0 Å². The average Bonchev–Trinajstić information content (AvgIpc) is 2.34. The van der Waals surface area contributed by atoms with Gasteiger partial charge in [0.25, 0.3) is 0 Å². The van der Waals surface area contributed by atoms with Crippen molar-refractivity contribution in [3.05, 3.63) is 34.9 Å². The number of nitrogens with two attached hydrogens (primary N) is 1. The molecule has 1 aliphatic heterocycles. The van der Waals surface area contributed by atoms with E-state index in [1.165, 1.54) is 30.5 Å². The Balaban J connectivity index is 2.09. The van der Waals surface area contributed by atoms with Gasteiger partial charge < -0.3 is 5.73 Å². The Labute approximate surface area is 116 Å². The van der Waals surface area contributed by atoms with Crippen LogP contribution in [0.25, 0.3) is 0 Å². The van der Waals surface area contributed by atoms with Crippen LogP contribution in [0.3, 0.4) is 0 Å². The van der Waals surface area contributed by atoms with Crippen LogP contribution in [0.2, 0.25) is 0 Å². The summed E-state index contributed by atoms with van der Waals surface area (Å²) >= 11 is 0. The largest absolute Gasteiger partial charge is 0.384 e. The quantitative estimate of drug-likeness (QED) is 0.648. The van der Waals surface area contributed by atoms with Crippen molar-refractivity contribution in [1.82, 2.24) is 4.90 Å². The number of nitrogens with one attached hydrogen (secondary N) is 1. The molecule has 3 heteroatoms. The molecule has 1 aromatic rings. The van der Waals surface area contributed by atoms with E-state index in [0.29, 0.717) is 6.04 Å². The topological polar surface area (TPSA) is 53.1 Å². The highest BCUT2D eigenvalue weighted by Crippen LogP contribution is 2.24. The molecular formula is C16H25N3. The fraction of sp³-hybridized carbons (Fsp3) is 0.562. The lowest BCUT2D eigenvalue weighted by atomic mass is 9.92. The maximum absolute atomic E-state index is 7.48. The number of piperidine rings is 1. The van der Waals surface area contributed by atoms with Crippen molar-refractivity contribution in [2.24, 2.45) is 11.7 Å². The van der Waals surface area contributed by atoms with Gasteiger partial charge in [0.05, 0.1) is 0 Å². The maximum atomic E-state index is 7.48. The van der Waals surface area contributed by atoms with Gasteiger partial charge in [-0.1, -0.05) is 19.1 Å². The maximum Gasteiger partial charge on any atom is 0.122 e. The first-order chi connectivity index (χ1) is 8.97. The Bertz CT molecular complexity index is 467. The molecule has 0 spiro atoms. The molecule has 0 bridgehead atoms. The number of hydrogen-bond donors (Lipinski definition) is 2. The summed E-state index contributed by atoms with van der Waals surface area (Å²) in [7, 11) is 0. The Morgan fingerprint density at radius 3 is 2.74 bits per heavy atom. The molecule has 0 amide bonds. The Hall–Kier alpha value is -1.35. The molecule has 104 valence electrons. The minimum absolute atomic E-state index is 0.148. The molecule has 1 fully saturated rings. The summed E-state index contributed by atoms with van der Waals surface area (Å²) < 4.78 is 0. The number of amidine groups is 1. The fourth-order valence-corrected chi connectivity index (χ4v) is 2.95. The molecular weight excluding hydrogens is 234 g/mol. The summed E-state index contributed by atoms with van der Waals surface area (Å²) in [5.74, 6) is 1.00. The molecule has 0 aromatic heterocycles. The van der Waals surface area contributed by atoms with Crippen LogP contribution in [0.5, 0.6) is 0 Å². The second kappa shape index (κ2) is 5.74. The van der Waals surface area contributed by atoms with Crippen LogP contribution >= 0.6 is 0 Å². The van der Waals surface area contributed by atoms with E-state index in [0.717, 1.165) is 18.0 Å². The number of benzene rings is 1. The first kappa shape index (κ1) is 14.1. The van der Waals surface area contributed by atoms with Crippen LogP contribution in [0.4, 0.5) is 0 Å². The predicted octanol–water partition coefficient (Wildman–Crippen LogP) is 2.90. The molecule has 2 unspecified atom stereocenters. The second-order valence-corrected chi connectivity index (χ2v) is 6.00.